The molecule has 0 bridgehead atoms. The number of hydrogen-bond acceptors (Lipinski definition) is 11. The Balaban J connectivity index is 1.65. The number of carbonyl (C=O) groups is 2. The molecular formula is C23H21Cl2FN6O3S3. The second-order valence-corrected chi connectivity index (χ2v) is 12.0. The Morgan fingerprint density at radius 2 is 1.95 bits per heavy atom. The van der Waals surface area contributed by atoms with Gasteiger partial charge in [0.05, 0.1) is 34.1 Å². The normalized spacial score (nSPS) is 12.2. The molecule has 2 aromatic carbocycles. The molecule has 1 amide bonds. The SMILES string of the molecule is C=N/N=C(\SCSC(C)C(=O)OC)SCC(=O)Nc1ccc2ncnc(Nc3cc(Cl)c(Cl)cc3F)c2c1. The number of carbonyl (C=O) groups excluding carboxylic acids is 2. The zero-order valence-corrected chi connectivity index (χ0v) is 24.0. The third-order valence-corrected chi connectivity index (χ3v) is 8.90. The molecule has 15 heteroatoms. The number of aromatic nitrogens is 2. The minimum atomic E-state index is -0.602. The van der Waals surface area contributed by atoms with Gasteiger partial charge in [0, 0.05) is 22.9 Å². The first-order chi connectivity index (χ1) is 18.2. The molecule has 2 N–H and O–H groups in total. The van der Waals surface area contributed by atoms with Crippen molar-refractivity contribution in [2.24, 2.45) is 10.2 Å². The van der Waals surface area contributed by atoms with Crippen LogP contribution in [0.25, 0.3) is 10.9 Å². The Kier molecular flexibility index (Phi) is 11.5. The Hall–Kier alpha value is -2.58. The van der Waals surface area contributed by atoms with Crippen LogP contribution in [0.3, 0.4) is 0 Å². The van der Waals surface area contributed by atoms with Gasteiger partial charge in [-0.1, -0.05) is 46.7 Å². The molecule has 0 radical (unpaired) electrons. The number of esters is 1. The van der Waals surface area contributed by atoms with Gasteiger partial charge in [0.2, 0.25) is 5.91 Å². The van der Waals surface area contributed by atoms with E-state index in [2.05, 4.69) is 37.5 Å². The van der Waals surface area contributed by atoms with E-state index in [1.165, 1.54) is 54.8 Å². The molecule has 0 spiro atoms. The lowest BCUT2D eigenvalue weighted by Gasteiger charge is -2.12. The van der Waals surface area contributed by atoms with Gasteiger partial charge in [0.1, 0.15) is 23.2 Å². The summed E-state index contributed by atoms with van der Waals surface area (Å²) in [5, 5.41) is 14.2. The Morgan fingerprint density at radius 3 is 2.68 bits per heavy atom. The second-order valence-electron chi connectivity index (χ2n) is 7.26. The summed E-state index contributed by atoms with van der Waals surface area (Å²) in [6.45, 7) is 5.11. The van der Waals surface area contributed by atoms with E-state index in [9.17, 15) is 14.0 Å². The Labute approximate surface area is 240 Å². The van der Waals surface area contributed by atoms with Gasteiger partial charge < -0.3 is 15.4 Å². The number of fused-ring (bicyclic) bond motifs is 1. The lowest BCUT2D eigenvalue weighted by molar-refractivity contribution is -0.139. The molecule has 9 nitrogen and oxygen atoms in total. The standard InChI is InChI=1S/C23H21Cl2FN6O3S3/c1-12(22(34)35-3)37-11-38-23(32-27-2)36-9-20(33)30-13-4-5-18-14(6-13)21(29-10-28-18)31-19-8-16(25)15(24)7-17(19)26/h4-8,10,12H,2,9,11H2,1,3H3,(H,30,33)(H,28,29,31)/b32-23-. The fourth-order valence-electron chi connectivity index (χ4n) is 2.88. The van der Waals surface area contributed by atoms with Gasteiger partial charge >= 0.3 is 5.97 Å². The summed E-state index contributed by atoms with van der Waals surface area (Å²) in [4.78, 5) is 32.6. The van der Waals surface area contributed by atoms with Gasteiger partial charge in [-0.3, -0.25) is 9.59 Å². The number of methoxy groups -OCH3 is 1. The largest absolute Gasteiger partial charge is 0.468 e. The molecule has 0 aliphatic carbocycles. The highest BCUT2D eigenvalue weighted by Gasteiger charge is 2.15. The molecule has 38 heavy (non-hydrogen) atoms. The molecule has 1 aromatic heterocycles. The summed E-state index contributed by atoms with van der Waals surface area (Å²) < 4.78 is 19.6. The van der Waals surface area contributed by atoms with Crippen LogP contribution in [0.1, 0.15) is 6.92 Å². The fourth-order valence-corrected chi connectivity index (χ4v) is 6.42. The topological polar surface area (TPSA) is 118 Å². The molecule has 200 valence electrons. The van der Waals surface area contributed by atoms with E-state index in [0.717, 1.165) is 6.07 Å². The van der Waals surface area contributed by atoms with Crippen molar-refractivity contribution in [3.8, 4) is 0 Å². The second kappa shape index (κ2) is 14.5. The number of amides is 1. The predicted octanol–water partition coefficient (Wildman–Crippen LogP) is 6.45. The van der Waals surface area contributed by atoms with Crippen molar-refractivity contribution in [3.63, 3.8) is 0 Å². The number of halogens is 3. The molecule has 1 unspecified atom stereocenters. The molecule has 0 fully saturated rings. The number of hydrogen-bond donors (Lipinski definition) is 2. The average molecular weight is 616 g/mol. The number of nitrogens with zero attached hydrogens (tertiary/aromatic N) is 4. The number of benzene rings is 2. The number of nitrogens with one attached hydrogen (secondary N) is 2. The zero-order valence-electron chi connectivity index (χ0n) is 20.0. The van der Waals surface area contributed by atoms with E-state index in [1.54, 1.807) is 25.1 Å². The highest BCUT2D eigenvalue weighted by Crippen LogP contribution is 2.32. The molecule has 1 heterocycles. The highest BCUT2D eigenvalue weighted by molar-refractivity contribution is 8.41. The molecule has 1 atom stereocenters. The fraction of sp³-hybridized carbons (Fsp3) is 0.217. The summed E-state index contributed by atoms with van der Waals surface area (Å²) in [5.41, 5.74) is 1.16. The monoisotopic (exact) mass is 614 g/mol. The van der Waals surface area contributed by atoms with Gasteiger partial charge in [-0.2, -0.15) is 5.10 Å². The smallest absolute Gasteiger partial charge is 0.318 e. The van der Waals surface area contributed by atoms with Crippen molar-refractivity contribution in [2.45, 2.75) is 12.2 Å². The molecule has 3 aromatic rings. The maximum Gasteiger partial charge on any atom is 0.318 e. The number of thioether (sulfide) groups is 3. The van der Waals surface area contributed by atoms with Gasteiger partial charge in [-0.05, 0) is 37.3 Å². The average Bonchev–Trinajstić information content (AvgIpc) is 2.90. The summed E-state index contributed by atoms with van der Waals surface area (Å²) >= 11 is 15.8. The lowest BCUT2D eigenvalue weighted by Crippen LogP contribution is -2.15. The van der Waals surface area contributed by atoms with Crippen molar-refractivity contribution >= 4 is 110 Å². The van der Waals surface area contributed by atoms with Crippen molar-refractivity contribution in [1.82, 2.24) is 9.97 Å². The van der Waals surface area contributed by atoms with E-state index in [4.69, 9.17) is 27.9 Å². The van der Waals surface area contributed by atoms with E-state index in [1.807, 2.05) is 0 Å². The Bertz CT molecular complexity index is 1380. The van der Waals surface area contributed by atoms with Crippen LogP contribution in [0, 0.1) is 5.82 Å². The molecule has 0 saturated carbocycles. The van der Waals surface area contributed by atoms with Crippen LogP contribution in [-0.4, -0.2) is 56.1 Å². The third-order valence-electron chi connectivity index (χ3n) is 4.69. The number of anilines is 3. The van der Waals surface area contributed by atoms with E-state index in [0.29, 0.717) is 31.9 Å². The van der Waals surface area contributed by atoms with E-state index < -0.39 is 5.82 Å². The summed E-state index contributed by atoms with van der Waals surface area (Å²) in [7, 11) is 1.34. The minimum Gasteiger partial charge on any atom is -0.468 e. The highest BCUT2D eigenvalue weighted by atomic mass is 35.5. The van der Waals surface area contributed by atoms with Crippen LogP contribution in [-0.2, 0) is 14.3 Å². The molecule has 0 aliphatic rings. The van der Waals surface area contributed by atoms with Crippen molar-refractivity contribution in [3.05, 3.63) is 52.5 Å². The first kappa shape index (κ1) is 30.0. The molecule has 0 aliphatic heterocycles. The summed E-state index contributed by atoms with van der Waals surface area (Å²) in [6, 6.07) is 7.55. The summed E-state index contributed by atoms with van der Waals surface area (Å²) in [6.07, 6.45) is 1.34. The van der Waals surface area contributed by atoms with Gasteiger partial charge in [0.15, 0.2) is 4.38 Å². The first-order valence-electron chi connectivity index (χ1n) is 10.7. The van der Waals surface area contributed by atoms with Crippen LogP contribution in [0.2, 0.25) is 10.0 Å². The zero-order chi connectivity index (χ0) is 27.7. The molecule has 0 saturated heterocycles. The van der Waals surface area contributed by atoms with Crippen molar-refractivity contribution in [2.75, 3.05) is 28.6 Å². The van der Waals surface area contributed by atoms with Crippen molar-refractivity contribution in [1.29, 1.82) is 0 Å². The van der Waals surface area contributed by atoms with Gasteiger partial charge in [0.25, 0.3) is 0 Å². The van der Waals surface area contributed by atoms with Crippen LogP contribution >= 0.6 is 58.5 Å². The lowest BCUT2D eigenvalue weighted by atomic mass is 10.2. The summed E-state index contributed by atoms with van der Waals surface area (Å²) in [5.74, 6) is -0.829. The van der Waals surface area contributed by atoms with E-state index in [-0.39, 0.29) is 38.6 Å². The molecule has 3 rings (SSSR count). The first-order valence-corrected chi connectivity index (χ1v) is 14.4. The minimum absolute atomic E-state index is 0.0570. The van der Waals surface area contributed by atoms with Crippen molar-refractivity contribution < 1.29 is 18.7 Å². The van der Waals surface area contributed by atoms with E-state index >= 15 is 0 Å². The predicted molar refractivity (Wildman–Crippen MR) is 159 cm³/mol. The van der Waals surface area contributed by atoms with Crippen LogP contribution in [0.15, 0.2) is 46.9 Å². The third kappa shape index (κ3) is 8.46. The van der Waals surface area contributed by atoms with Gasteiger partial charge in [-0.15, -0.1) is 16.9 Å². The number of ether oxygens (including phenoxy) is 1. The van der Waals surface area contributed by atoms with Gasteiger partial charge in [-0.25, -0.2) is 14.4 Å². The Morgan fingerprint density at radius 1 is 1.18 bits per heavy atom. The maximum atomic E-state index is 14.4. The van der Waals surface area contributed by atoms with Crippen LogP contribution in [0.5, 0.6) is 0 Å². The molecular weight excluding hydrogens is 594 g/mol. The quantitative estimate of drug-likeness (QED) is 0.0663. The van der Waals surface area contributed by atoms with Crippen LogP contribution in [0.4, 0.5) is 21.6 Å². The number of rotatable bonds is 10. The van der Waals surface area contributed by atoms with Crippen LogP contribution < -0.4 is 10.6 Å². The maximum absolute atomic E-state index is 14.4.